The number of phenols is 1. The number of benzene rings is 2. The maximum atomic E-state index is 12.4. The van der Waals surface area contributed by atoms with Gasteiger partial charge in [0.15, 0.2) is 16.7 Å². The van der Waals surface area contributed by atoms with E-state index in [1.807, 2.05) is 0 Å². The monoisotopic (exact) mass is 576 g/mol. The average molecular weight is 577 g/mol. The molecule has 2 aromatic carbocycles. The van der Waals surface area contributed by atoms with Gasteiger partial charge in [0.05, 0.1) is 17.9 Å². The first-order valence-corrected chi connectivity index (χ1v) is 12.7. The minimum absolute atomic E-state index is 0.0810. The minimum Gasteiger partial charge on any atom is -0.504 e. The molecule has 11 heteroatoms. The van der Waals surface area contributed by atoms with Crippen molar-refractivity contribution in [2.24, 2.45) is 4.99 Å². The number of carboxylic acid groups (broad SMARTS) is 2. The second-order valence-corrected chi connectivity index (χ2v) is 9.96. The zero-order valence-corrected chi connectivity index (χ0v) is 21.8. The van der Waals surface area contributed by atoms with Crippen molar-refractivity contribution < 1.29 is 34.4 Å². The number of hydrogen-bond acceptors (Lipinski definition) is 7. The van der Waals surface area contributed by atoms with Crippen LogP contribution in [0, 0.1) is 0 Å². The number of halogens is 1. The van der Waals surface area contributed by atoms with Crippen LogP contribution < -0.4 is 10.1 Å². The Morgan fingerprint density at radius 2 is 1.89 bits per heavy atom. The molecule has 1 heterocycles. The van der Waals surface area contributed by atoms with E-state index in [-0.39, 0.29) is 17.9 Å². The number of unbranched alkanes of at least 4 members (excludes halogenated alkanes) is 2. The van der Waals surface area contributed by atoms with Crippen LogP contribution in [0.25, 0.3) is 6.08 Å². The van der Waals surface area contributed by atoms with Gasteiger partial charge in [-0.1, -0.05) is 40.9 Å². The number of thioether (sulfide) groups is 1. The summed E-state index contributed by atoms with van der Waals surface area (Å²) in [4.78, 5) is 39.1. The quantitative estimate of drug-likeness (QED) is 0.202. The number of rotatable bonds is 11. The fourth-order valence-corrected chi connectivity index (χ4v) is 4.90. The molecular formula is C25H25BrN2O7S. The van der Waals surface area contributed by atoms with Crippen LogP contribution in [0.4, 0.5) is 5.69 Å². The molecule has 0 fully saturated rings. The van der Waals surface area contributed by atoms with Crippen molar-refractivity contribution in [3.8, 4) is 11.5 Å². The molecule has 190 valence electrons. The number of amides is 1. The van der Waals surface area contributed by atoms with Crippen LogP contribution in [0.2, 0.25) is 0 Å². The number of ether oxygens (including phenoxy) is 1. The molecule has 1 aliphatic heterocycles. The van der Waals surface area contributed by atoms with E-state index in [0.29, 0.717) is 57.0 Å². The molecule has 0 aliphatic carbocycles. The van der Waals surface area contributed by atoms with Crippen molar-refractivity contribution in [1.82, 2.24) is 0 Å². The molecule has 3 rings (SSSR count). The summed E-state index contributed by atoms with van der Waals surface area (Å²) in [6.45, 7) is 0. The lowest BCUT2D eigenvalue weighted by atomic mass is 9.93. The number of methoxy groups -OCH3 is 1. The van der Waals surface area contributed by atoms with Crippen LogP contribution in [0.5, 0.6) is 11.5 Å². The third-order valence-corrected chi connectivity index (χ3v) is 6.80. The van der Waals surface area contributed by atoms with Gasteiger partial charge in [-0.2, -0.15) is 4.99 Å². The van der Waals surface area contributed by atoms with Crippen molar-refractivity contribution in [3.05, 3.63) is 56.9 Å². The molecule has 0 spiro atoms. The first-order valence-electron chi connectivity index (χ1n) is 11.1. The summed E-state index contributed by atoms with van der Waals surface area (Å²) >= 11 is 4.46. The zero-order chi connectivity index (χ0) is 26.2. The molecule has 1 atom stereocenters. The van der Waals surface area contributed by atoms with Crippen molar-refractivity contribution >= 4 is 62.5 Å². The normalized spacial score (nSPS) is 15.0. The van der Waals surface area contributed by atoms with Crippen molar-refractivity contribution in [2.45, 2.75) is 38.0 Å². The maximum absolute atomic E-state index is 12.4. The standard InChI is InChI=1S/C25H25BrN2O7S/c1-35-19-13-16(26)11-15(22(19)31)12-20-23(32)28-25(36-20)27-17-9-7-14(8-10-17)18(24(33)34)5-3-2-4-6-21(29)30/h7-13,18,31H,2-6H2,1H3,(H,29,30)(H,33,34)(H,27,28,32). The SMILES string of the molecule is COc1cc(Br)cc(C=C2SC(Nc3ccc(C(CCCCCC(=O)O)C(=O)O)cc3)=NC2=O)c1O. The van der Waals surface area contributed by atoms with Gasteiger partial charge in [0.1, 0.15) is 0 Å². The molecule has 36 heavy (non-hydrogen) atoms. The molecule has 1 unspecified atom stereocenters. The van der Waals surface area contributed by atoms with Gasteiger partial charge in [-0.15, -0.1) is 0 Å². The maximum Gasteiger partial charge on any atom is 0.310 e. The lowest BCUT2D eigenvalue weighted by molar-refractivity contribution is -0.139. The van der Waals surface area contributed by atoms with Gasteiger partial charge in [-0.05, 0) is 60.5 Å². The van der Waals surface area contributed by atoms with Crippen molar-refractivity contribution in [3.63, 3.8) is 0 Å². The van der Waals surface area contributed by atoms with E-state index in [1.165, 1.54) is 13.2 Å². The number of hydrogen-bond donors (Lipinski definition) is 4. The number of phenolic OH excluding ortho intramolecular Hbond substituents is 1. The Kier molecular flexibility index (Phi) is 9.54. The minimum atomic E-state index is -0.933. The van der Waals surface area contributed by atoms with Crippen LogP contribution in [0.1, 0.15) is 49.1 Å². The highest BCUT2D eigenvalue weighted by Crippen LogP contribution is 2.37. The molecule has 4 N–H and O–H groups in total. The van der Waals surface area contributed by atoms with Crippen LogP contribution in [0.3, 0.4) is 0 Å². The zero-order valence-electron chi connectivity index (χ0n) is 19.4. The second-order valence-electron chi connectivity index (χ2n) is 8.01. The van der Waals surface area contributed by atoms with Gasteiger partial charge in [0.25, 0.3) is 5.91 Å². The fourth-order valence-electron chi connectivity index (χ4n) is 3.62. The summed E-state index contributed by atoms with van der Waals surface area (Å²) in [5, 5.41) is 32.1. The van der Waals surface area contributed by atoms with Gasteiger partial charge < -0.3 is 25.4 Å². The van der Waals surface area contributed by atoms with Gasteiger partial charge >= 0.3 is 11.9 Å². The first-order chi connectivity index (χ1) is 17.2. The number of aliphatic carboxylic acids is 2. The molecule has 9 nitrogen and oxygen atoms in total. The highest BCUT2D eigenvalue weighted by molar-refractivity contribution is 9.10. The smallest absolute Gasteiger partial charge is 0.310 e. The molecule has 0 saturated carbocycles. The van der Waals surface area contributed by atoms with Crippen LogP contribution in [-0.4, -0.2) is 45.4 Å². The van der Waals surface area contributed by atoms with Crippen molar-refractivity contribution in [1.29, 1.82) is 0 Å². The van der Waals surface area contributed by atoms with Crippen molar-refractivity contribution in [2.75, 3.05) is 12.4 Å². The number of nitrogens with one attached hydrogen (secondary N) is 1. The number of carboxylic acids is 2. The number of carbonyl (C=O) groups excluding carboxylic acids is 1. The summed E-state index contributed by atoms with van der Waals surface area (Å²) in [5.41, 5.74) is 1.68. The summed E-state index contributed by atoms with van der Waals surface area (Å²) in [7, 11) is 1.44. The lowest BCUT2D eigenvalue weighted by Gasteiger charge is -2.13. The Balaban J connectivity index is 1.63. The summed E-state index contributed by atoms with van der Waals surface area (Å²) in [6, 6.07) is 10.1. The third-order valence-electron chi connectivity index (χ3n) is 5.44. The topological polar surface area (TPSA) is 146 Å². The Morgan fingerprint density at radius 1 is 1.17 bits per heavy atom. The molecule has 2 aromatic rings. The number of nitrogens with zero attached hydrogens (tertiary/aromatic N) is 1. The molecular weight excluding hydrogens is 552 g/mol. The third kappa shape index (κ3) is 7.34. The van der Waals surface area contributed by atoms with Crippen LogP contribution in [-0.2, 0) is 14.4 Å². The van der Waals surface area contributed by atoms with E-state index >= 15 is 0 Å². The molecule has 0 radical (unpaired) electrons. The summed E-state index contributed by atoms with van der Waals surface area (Å²) in [6.07, 6.45) is 3.83. The van der Waals surface area contributed by atoms with Crippen LogP contribution in [0.15, 0.2) is 50.8 Å². The van der Waals surface area contributed by atoms with E-state index in [2.05, 4.69) is 26.2 Å². The first kappa shape index (κ1) is 27.3. The number of carbonyl (C=O) groups is 3. The Bertz CT molecular complexity index is 1210. The van der Waals surface area contributed by atoms with E-state index < -0.39 is 23.8 Å². The fraction of sp³-hybridized carbons (Fsp3) is 0.280. The average Bonchev–Trinajstić information content (AvgIpc) is 3.17. The number of anilines is 1. The van der Waals surface area contributed by atoms with E-state index in [4.69, 9.17) is 9.84 Å². The van der Waals surface area contributed by atoms with Gasteiger partial charge in [0.2, 0.25) is 0 Å². The number of aliphatic imine (C=N–C) groups is 1. The predicted octanol–water partition coefficient (Wildman–Crippen LogP) is 5.45. The van der Waals surface area contributed by atoms with Gasteiger partial charge in [0, 0.05) is 22.1 Å². The molecule has 1 aliphatic rings. The molecule has 0 saturated heterocycles. The Hall–Kier alpha value is -3.31. The largest absolute Gasteiger partial charge is 0.504 e. The van der Waals surface area contributed by atoms with Gasteiger partial charge in [-0.3, -0.25) is 14.4 Å². The highest BCUT2D eigenvalue weighted by Gasteiger charge is 2.24. The molecule has 0 bridgehead atoms. The second kappa shape index (κ2) is 12.6. The Labute approximate surface area is 220 Å². The van der Waals surface area contributed by atoms with Crippen LogP contribution >= 0.6 is 27.7 Å². The van der Waals surface area contributed by atoms with E-state index in [1.54, 1.807) is 36.4 Å². The lowest BCUT2D eigenvalue weighted by Crippen LogP contribution is -2.12. The molecule has 1 amide bonds. The number of amidine groups is 1. The Morgan fingerprint density at radius 3 is 2.53 bits per heavy atom. The summed E-state index contributed by atoms with van der Waals surface area (Å²) in [5.74, 6) is -2.75. The van der Waals surface area contributed by atoms with E-state index in [9.17, 15) is 24.6 Å². The highest BCUT2D eigenvalue weighted by atomic mass is 79.9. The predicted molar refractivity (Wildman–Crippen MR) is 142 cm³/mol. The van der Waals surface area contributed by atoms with E-state index in [0.717, 1.165) is 11.8 Å². The summed E-state index contributed by atoms with van der Waals surface area (Å²) < 4.78 is 5.82. The molecule has 0 aromatic heterocycles. The number of aromatic hydroxyl groups is 1. The van der Waals surface area contributed by atoms with Gasteiger partial charge in [-0.25, -0.2) is 0 Å².